The van der Waals surface area contributed by atoms with E-state index in [1.165, 1.54) is 18.2 Å². The molecule has 0 radical (unpaired) electrons. The van der Waals surface area contributed by atoms with Gasteiger partial charge in [0.05, 0.1) is 23.1 Å². The van der Waals surface area contributed by atoms with Crippen molar-refractivity contribution in [2.45, 2.75) is 6.42 Å². The molecule has 1 unspecified atom stereocenters. The standard InChI is InChI=1S/C11H15N3O5S2/c12-21(18,19)14-10-3-1-2-9(6-10)13-11(15)8-4-5-20(16,17)7-8/h1-3,6,8,14H,4-5,7H2,(H,13,15)(H2,12,18,19). The van der Waals surface area contributed by atoms with Gasteiger partial charge in [-0.1, -0.05) is 6.07 Å². The first-order chi connectivity index (χ1) is 9.65. The van der Waals surface area contributed by atoms with Gasteiger partial charge in [-0.25, -0.2) is 13.6 Å². The lowest BCUT2D eigenvalue weighted by Crippen LogP contribution is -2.24. The van der Waals surface area contributed by atoms with Crippen LogP contribution in [0.4, 0.5) is 11.4 Å². The second kappa shape index (κ2) is 5.62. The monoisotopic (exact) mass is 333 g/mol. The van der Waals surface area contributed by atoms with Gasteiger partial charge in [-0.2, -0.15) is 8.42 Å². The third kappa shape index (κ3) is 4.69. The second-order valence-corrected chi connectivity index (χ2v) is 8.34. The maximum Gasteiger partial charge on any atom is 0.296 e. The van der Waals surface area contributed by atoms with Crippen LogP contribution in [0.3, 0.4) is 0 Å². The third-order valence-corrected chi connectivity index (χ3v) is 5.28. The number of nitrogens with two attached hydrogens (primary N) is 1. The summed E-state index contributed by atoms with van der Waals surface area (Å²) in [5.41, 5.74) is 0.562. The minimum atomic E-state index is -3.90. The summed E-state index contributed by atoms with van der Waals surface area (Å²) >= 11 is 0. The number of rotatable bonds is 4. The largest absolute Gasteiger partial charge is 0.326 e. The van der Waals surface area contributed by atoms with Gasteiger partial charge in [0.25, 0.3) is 10.2 Å². The van der Waals surface area contributed by atoms with E-state index in [9.17, 15) is 21.6 Å². The van der Waals surface area contributed by atoms with Crippen LogP contribution in [0.2, 0.25) is 0 Å². The zero-order valence-electron chi connectivity index (χ0n) is 10.9. The summed E-state index contributed by atoms with van der Waals surface area (Å²) in [4.78, 5) is 12.0. The number of anilines is 2. The highest BCUT2D eigenvalue weighted by atomic mass is 32.2. The van der Waals surface area contributed by atoms with Crippen LogP contribution in [0.15, 0.2) is 24.3 Å². The average molecular weight is 333 g/mol. The molecule has 0 aliphatic carbocycles. The lowest BCUT2D eigenvalue weighted by Gasteiger charge is -2.11. The Bertz CT molecular complexity index is 758. The molecule has 1 saturated heterocycles. The van der Waals surface area contributed by atoms with Gasteiger partial charge >= 0.3 is 0 Å². The Hall–Kier alpha value is -1.65. The first-order valence-electron chi connectivity index (χ1n) is 6.06. The zero-order valence-corrected chi connectivity index (χ0v) is 12.6. The van der Waals surface area contributed by atoms with Crippen LogP contribution in [0.25, 0.3) is 0 Å². The van der Waals surface area contributed by atoms with E-state index in [0.29, 0.717) is 12.1 Å². The number of sulfone groups is 1. The predicted molar refractivity (Wildman–Crippen MR) is 78.6 cm³/mol. The van der Waals surface area contributed by atoms with Crippen LogP contribution in [-0.4, -0.2) is 34.2 Å². The minimum Gasteiger partial charge on any atom is -0.326 e. The molecule has 0 aromatic heterocycles. The Morgan fingerprint density at radius 3 is 2.52 bits per heavy atom. The van der Waals surface area contributed by atoms with E-state index in [-0.39, 0.29) is 17.2 Å². The lowest BCUT2D eigenvalue weighted by atomic mass is 10.1. The number of hydrogen-bond acceptors (Lipinski definition) is 5. The Morgan fingerprint density at radius 2 is 1.95 bits per heavy atom. The molecule has 1 heterocycles. The SMILES string of the molecule is NS(=O)(=O)Nc1cccc(NC(=O)C2CCS(=O)(=O)C2)c1. The summed E-state index contributed by atoms with van der Waals surface area (Å²) in [5, 5.41) is 7.42. The first-order valence-corrected chi connectivity index (χ1v) is 9.43. The average Bonchev–Trinajstić information content (AvgIpc) is 2.68. The molecule has 1 atom stereocenters. The van der Waals surface area contributed by atoms with Crippen molar-refractivity contribution < 1.29 is 21.6 Å². The van der Waals surface area contributed by atoms with E-state index < -0.39 is 31.9 Å². The van der Waals surface area contributed by atoms with E-state index in [1.54, 1.807) is 6.07 Å². The summed E-state index contributed by atoms with van der Waals surface area (Å²) < 4.78 is 46.6. The number of carbonyl (C=O) groups excluding carboxylic acids is 1. The van der Waals surface area contributed by atoms with Crippen molar-refractivity contribution in [2.24, 2.45) is 11.1 Å². The number of nitrogens with one attached hydrogen (secondary N) is 2. The summed E-state index contributed by atoms with van der Waals surface area (Å²) in [6.07, 6.45) is 0.295. The molecule has 0 bridgehead atoms. The van der Waals surface area contributed by atoms with E-state index in [1.807, 2.05) is 0 Å². The van der Waals surface area contributed by atoms with Crippen LogP contribution < -0.4 is 15.2 Å². The molecule has 1 aromatic carbocycles. The fraction of sp³-hybridized carbons (Fsp3) is 0.364. The Kier molecular flexibility index (Phi) is 4.21. The van der Waals surface area contributed by atoms with Crippen LogP contribution in [0, 0.1) is 5.92 Å². The first kappa shape index (κ1) is 15.7. The predicted octanol–water partition coefficient (Wildman–Crippen LogP) is -0.325. The van der Waals surface area contributed by atoms with Gasteiger partial charge in [0.1, 0.15) is 0 Å². The molecule has 0 saturated carbocycles. The number of hydrogen-bond donors (Lipinski definition) is 3. The van der Waals surface area contributed by atoms with Gasteiger partial charge in [0.15, 0.2) is 9.84 Å². The van der Waals surface area contributed by atoms with E-state index >= 15 is 0 Å². The highest BCUT2D eigenvalue weighted by Crippen LogP contribution is 2.21. The van der Waals surface area contributed by atoms with Crippen LogP contribution >= 0.6 is 0 Å². The van der Waals surface area contributed by atoms with Gasteiger partial charge in [-0.3, -0.25) is 9.52 Å². The molecule has 2 rings (SSSR count). The van der Waals surface area contributed by atoms with Crippen molar-refractivity contribution in [2.75, 3.05) is 21.5 Å². The molecular formula is C11H15N3O5S2. The molecule has 10 heteroatoms. The summed E-state index contributed by atoms with van der Waals surface area (Å²) in [6.45, 7) is 0. The Morgan fingerprint density at radius 1 is 1.29 bits per heavy atom. The van der Waals surface area contributed by atoms with Crippen LogP contribution in [-0.2, 0) is 24.8 Å². The molecule has 1 amide bonds. The second-order valence-electron chi connectivity index (χ2n) is 4.82. The van der Waals surface area contributed by atoms with Crippen molar-refractivity contribution in [1.29, 1.82) is 0 Å². The van der Waals surface area contributed by atoms with Gasteiger partial charge < -0.3 is 5.32 Å². The van der Waals surface area contributed by atoms with Crippen molar-refractivity contribution >= 4 is 37.3 Å². The zero-order chi connectivity index (χ0) is 15.7. The van der Waals surface area contributed by atoms with E-state index in [4.69, 9.17) is 5.14 Å². The minimum absolute atomic E-state index is 0.0120. The van der Waals surface area contributed by atoms with Gasteiger partial charge in [0, 0.05) is 5.69 Å². The Labute approximate surface area is 122 Å². The molecule has 8 nitrogen and oxygen atoms in total. The summed E-state index contributed by atoms with van der Waals surface area (Å²) in [6, 6.07) is 5.97. The van der Waals surface area contributed by atoms with Crippen molar-refractivity contribution in [3.63, 3.8) is 0 Å². The fourth-order valence-corrected chi connectivity index (χ4v) is 4.27. The Balaban J connectivity index is 2.06. The number of benzene rings is 1. The maximum atomic E-state index is 12.0. The summed E-state index contributed by atoms with van der Waals surface area (Å²) in [5.74, 6) is -1.12. The molecule has 4 N–H and O–H groups in total. The van der Waals surface area contributed by atoms with E-state index in [0.717, 1.165) is 0 Å². The molecule has 116 valence electrons. The molecule has 1 aliphatic rings. The molecular weight excluding hydrogens is 318 g/mol. The molecule has 1 aliphatic heterocycles. The third-order valence-electron chi connectivity index (χ3n) is 2.99. The van der Waals surface area contributed by atoms with Crippen molar-refractivity contribution in [1.82, 2.24) is 0 Å². The highest BCUT2D eigenvalue weighted by molar-refractivity contribution is 7.91. The topological polar surface area (TPSA) is 135 Å². The van der Waals surface area contributed by atoms with Gasteiger partial charge in [-0.15, -0.1) is 0 Å². The van der Waals surface area contributed by atoms with Gasteiger partial charge in [-0.05, 0) is 24.6 Å². The van der Waals surface area contributed by atoms with Gasteiger partial charge in [0.2, 0.25) is 5.91 Å². The number of amides is 1. The molecule has 21 heavy (non-hydrogen) atoms. The normalized spacial score (nSPS) is 20.9. The summed E-state index contributed by atoms with van der Waals surface area (Å²) in [7, 11) is -7.03. The van der Waals surface area contributed by atoms with Crippen molar-refractivity contribution in [3.05, 3.63) is 24.3 Å². The van der Waals surface area contributed by atoms with Crippen LogP contribution in [0.5, 0.6) is 0 Å². The lowest BCUT2D eigenvalue weighted by molar-refractivity contribution is -0.119. The maximum absolute atomic E-state index is 12.0. The smallest absolute Gasteiger partial charge is 0.296 e. The quantitative estimate of drug-likeness (QED) is 0.693. The molecule has 1 fully saturated rings. The van der Waals surface area contributed by atoms with E-state index in [2.05, 4.69) is 10.0 Å². The van der Waals surface area contributed by atoms with Crippen molar-refractivity contribution in [3.8, 4) is 0 Å². The highest BCUT2D eigenvalue weighted by Gasteiger charge is 2.32. The molecule has 1 aromatic rings. The fourth-order valence-electron chi connectivity index (χ4n) is 2.07. The number of carbonyl (C=O) groups is 1. The van der Waals surface area contributed by atoms with Crippen LogP contribution in [0.1, 0.15) is 6.42 Å². The molecule has 0 spiro atoms.